The van der Waals surface area contributed by atoms with E-state index >= 15 is 0 Å². The lowest BCUT2D eigenvalue weighted by molar-refractivity contribution is -0.139. The number of amides is 1. The van der Waals surface area contributed by atoms with Crippen molar-refractivity contribution >= 4 is 28.6 Å². The molecule has 7 nitrogen and oxygen atoms in total. The number of fused-ring (bicyclic) bond motifs is 1. The van der Waals surface area contributed by atoms with Gasteiger partial charge in [0.05, 0.1) is 0 Å². The number of nitrogens with one attached hydrogen (secondary N) is 3. The topological polar surface area (TPSA) is 115 Å². The molecule has 146 valence electrons. The van der Waals surface area contributed by atoms with Crippen LogP contribution in [0.5, 0.6) is 0 Å². The number of para-hydroxylation sites is 1. The average molecular weight is 381 g/mol. The highest BCUT2D eigenvalue weighted by atomic mass is 16.4. The Bertz CT molecular complexity index is 1060. The Balaban J connectivity index is 1.87. The van der Waals surface area contributed by atoms with Crippen LogP contribution in [0.1, 0.15) is 51.5 Å². The highest BCUT2D eigenvalue weighted by Gasteiger charge is 2.26. The van der Waals surface area contributed by atoms with E-state index in [1.807, 2.05) is 31.2 Å². The van der Waals surface area contributed by atoms with E-state index in [4.69, 9.17) is 0 Å². The molecule has 3 aromatic rings. The summed E-state index contributed by atoms with van der Waals surface area (Å²) in [6, 6.07) is 6.50. The molecule has 0 saturated carbocycles. The molecule has 4 N–H and O–H groups in total. The number of carbonyl (C=O) groups is 3. The van der Waals surface area contributed by atoms with Gasteiger partial charge in [-0.15, -0.1) is 0 Å². The normalized spacial score (nSPS) is 12.1. The predicted octanol–water partition coefficient (Wildman–Crippen LogP) is 3.00. The predicted molar refractivity (Wildman–Crippen MR) is 106 cm³/mol. The second-order valence-electron chi connectivity index (χ2n) is 6.82. The van der Waals surface area contributed by atoms with Crippen LogP contribution in [0.4, 0.5) is 0 Å². The van der Waals surface area contributed by atoms with Gasteiger partial charge in [-0.3, -0.25) is 9.59 Å². The molecule has 3 rings (SSSR count). The van der Waals surface area contributed by atoms with Gasteiger partial charge in [0.2, 0.25) is 0 Å². The minimum atomic E-state index is -1.12. The molecule has 0 fully saturated rings. The van der Waals surface area contributed by atoms with Gasteiger partial charge in [0, 0.05) is 34.8 Å². The van der Waals surface area contributed by atoms with Gasteiger partial charge < -0.3 is 20.4 Å². The van der Waals surface area contributed by atoms with Crippen LogP contribution in [-0.2, 0) is 17.6 Å². The van der Waals surface area contributed by atoms with Gasteiger partial charge in [-0.05, 0) is 37.5 Å². The maximum absolute atomic E-state index is 12.8. The van der Waals surface area contributed by atoms with Crippen LogP contribution in [0.15, 0.2) is 30.5 Å². The van der Waals surface area contributed by atoms with Gasteiger partial charge in [0.15, 0.2) is 5.78 Å². The Morgan fingerprint density at radius 3 is 2.57 bits per heavy atom. The minimum Gasteiger partial charge on any atom is -0.480 e. The van der Waals surface area contributed by atoms with E-state index in [0.29, 0.717) is 23.2 Å². The highest BCUT2D eigenvalue weighted by molar-refractivity contribution is 6.03. The van der Waals surface area contributed by atoms with E-state index in [0.717, 1.165) is 16.5 Å². The third-order valence-corrected chi connectivity index (χ3v) is 4.93. The standard InChI is InChI=1S/C21H23N3O4/c1-4-14-18(12(3)25)11(2)23-19(14)20(26)24-17(21(27)28)9-13-10-22-16-8-6-5-7-15(13)16/h5-8,10,17,22-23H,4,9H2,1-3H3,(H,24,26)(H,27,28). The summed E-state index contributed by atoms with van der Waals surface area (Å²) in [7, 11) is 0. The maximum Gasteiger partial charge on any atom is 0.326 e. The molecule has 1 unspecified atom stereocenters. The maximum atomic E-state index is 12.8. The summed E-state index contributed by atoms with van der Waals surface area (Å²) < 4.78 is 0. The summed E-state index contributed by atoms with van der Waals surface area (Å²) in [6.07, 6.45) is 2.39. The number of aliphatic carboxylic acids is 1. The third-order valence-electron chi connectivity index (χ3n) is 4.93. The van der Waals surface area contributed by atoms with Crippen LogP contribution in [-0.4, -0.2) is 38.8 Å². The Labute approximate surface area is 162 Å². The van der Waals surface area contributed by atoms with Gasteiger partial charge in [-0.1, -0.05) is 25.1 Å². The summed E-state index contributed by atoms with van der Waals surface area (Å²) in [5.74, 6) is -1.77. The molecule has 0 spiro atoms. The molecule has 1 atom stereocenters. The highest BCUT2D eigenvalue weighted by Crippen LogP contribution is 2.22. The van der Waals surface area contributed by atoms with Gasteiger partial charge >= 0.3 is 5.97 Å². The lowest BCUT2D eigenvalue weighted by Gasteiger charge is -2.14. The van der Waals surface area contributed by atoms with E-state index in [2.05, 4.69) is 15.3 Å². The number of hydrogen-bond donors (Lipinski definition) is 4. The zero-order chi connectivity index (χ0) is 20.4. The quantitative estimate of drug-likeness (QED) is 0.471. The molecule has 0 aliphatic heterocycles. The summed E-state index contributed by atoms with van der Waals surface area (Å²) in [4.78, 5) is 42.5. The first-order chi connectivity index (χ1) is 13.3. The Morgan fingerprint density at radius 2 is 1.93 bits per heavy atom. The molecular formula is C21H23N3O4. The van der Waals surface area contributed by atoms with Crippen molar-refractivity contribution in [3.63, 3.8) is 0 Å². The van der Waals surface area contributed by atoms with E-state index in [1.54, 1.807) is 13.1 Å². The van der Waals surface area contributed by atoms with Crippen molar-refractivity contribution in [2.24, 2.45) is 0 Å². The third kappa shape index (κ3) is 3.55. The number of rotatable bonds is 7. The van der Waals surface area contributed by atoms with Crippen LogP contribution in [0.3, 0.4) is 0 Å². The second kappa shape index (κ2) is 7.72. The number of carboxylic acids is 1. The SMILES string of the molecule is CCc1c(C(=O)NC(Cc2c[nH]c3ccccc23)C(=O)O)[nH]c(C)c1C(C)=O. The first kappa shape index (κ1) is 19.4. The first-order valence-corrected chi connectivity index (χ1v) is 9.14. The largest absolute Gasteiger partial charge is 0.480 e. The summed E-state index contributed by atoms with van der Waals surface area (Å²) in [5, 5.41) is 13.1. The number of carboxylic acid groups (broad SMARTS) is 1. The number of hydrogen-bond acceptors (Lipinski definition) is 3. The van der Waals surface area contributed by atoms with Gasteiger partial charge in [-0.2, -0.15) is 0 Å². The molecule has 0 aliphatic rings. The summed E-state index contributed by atoms with van der Waals surface area (Å²) in [6.45, 7) is 5.04. The fourth-order valence-electron chi connectivity index (χ4n) is 3.65. The number of carbonyl (C=O) groups excluding carboxylic acids is 2. The fourth-order valence-corrected chi connectivity index (χ4v) is 3.65. The molecular weight excluding hydrogens is 358 g/mol. The molecule has 0 aliphatic carbocycles. The van der Waals surface area contributed by atoms with E-state index in [-0.39, 0.29) is 17.9 Å². The minimum absolute atomic E-state index is 0.127. The molecule has 0 radical (unpaired) electrons. The van der Waals surface area contributed by atoms with Crippen molar-refractivity contribution in [2.75, 3.05) is 0 Å². The van der Waals surface area contributed by atoms with Gasteiger partial charge in [-0.25, -0.2) is 4.79 Å². The fraction of sp³-hybridized carbons (Fsp3) is 0.286. The Kier molecular flexibility index (Phi) is 5.35. The van der Waals surface area contributed by atoms with Crippen molar-refractivity contribution in [2.45, 2.75) is 39.7 Å². The Morgan fingerprint density at radius 1 is 1.21 bits per heavy atom. The molecule has 2 heterocycles. The van der Waals surface area contributed by atoms with Crippen molar-refractivity contribution in [1.82, 2.24) is 15.3 Å². The number of Topliss-reactive ketones (excluding diaryl/α,β-unsaturated/α-hetero) is 1. The van der Waals surface area contributed by atoms with E-state index in [9.17, 15) is 19.5 Å². The van der Waals surface area contributed by atoms with Crippen molar-refractivity contribution in [3.8, 4) is 0 Å². The van der Waals surface area contributed by atoms with Crippen LogP contribution < -0.4 is 5.32 Å². The van der Waals surface area contributed by atoms with Crippen LogP contribution in [0, 0.1) is 6.92 Å². The van der Waals surface area contributed by atoms with Gasteiger partial charge in [0.1, 0.15) is 11.7 Å². The smallest absolute Gasteiger partial charge is 0.326 e. The zero-order valence-corrected chi connectivity index (χ0v) is 16.1. The molecule has 0 saturated heterocycles. The zero-order valence-electron chi connectivity index (χ0n) is 16.1. The van der Waals surface area contributed by atoms with Crippen molar-refractivity contribution in [3.05, 3.63) is 58.5 Å². The number of aromatic amines is 2. The summed E-state index contributed by atoms with van der Waals surface area (Å²) in [5.41, 5.74) is 3.68. The molecule has 1 amide bonds. The molecule has 7 heteroatoms. The average Bonchev–Trinajstić information content (AvgIpc) is 3.21. The van der Waals surface area contributed by atoms with Gasteiger partial charge in [0.25, 0.3) is 5.91 Å². The number of aromatic nitrogens is 2. The number of H-pyrrole nitrogens is 2. The van der Waals surface area contributed by atoms with Crippen LogP contribution in [0.25, 0.3) is 10.9 Å². The monoisotopic (exact) mass is 381 g/mol. The first-order valence-electron chi connectivity index (χ1n) is 9.14. The molecule has 28 heavy (non-hydrogen) atoms. The molecule has 2 aromatic heterocycles. The van der Waals surface area contributed by atoms with Crippen LogP contribution >= 0.6 is 0 Å². The number of ketones is 1. The van der Waals surface area contributed by atoms with E-state index < -0.39 is 17.9 Å². The summed E-state index contributed by atoms with van der Waals surface area (Å²) >= 11 is 0. The second-order valence-corrected chi connectivity index (χ2v) is 6.82. The van der Waals surface area contributed by atoms with Crippen LogP contribution in [0.2, 0.25) is 0 Å². The Hall–Kier alpha value is -3.35. The van der Waals surface area contributed by atoms with Crippen molar-refractivity contribution in [1.29, 1.82) is 0 Å². The van der Waals surface area contributed by atoms with E-state index in [1.165, 1.54) is 6.92 Å². The number of benzene rings is 1. The lowest BCUT2D eigenvalue weighted by atomic mass is 10.0. The lowest BCUT2D eigenvalue weighted by Crippen LogP contribution is -2.42. The molecule has 1 aromatic carbocycles. The van der Waals surface area contributed by atoms with Crippen molar-refractivity contribution < 1.29 is 19.5 Å². The number of aryl methyl sites for hydroxylation is 1. The molecule has 0 bridgehead atoms.